The summed E-state index contributed by atoms with van der Waals surface area (Å²) in [6, 6.07) is 13.9. The van der Waals surface area contributed by atoms with Gasteiger partial charge in [0.2, 0.25) is 0 Å². The zero-order chi connectivity index (χ0) is 21.2. The van der Waals surface area contributed by atoms with Gasteiger partial charge in [-0.2, -0.15) is 0 Å². The average Bonchev–Trinajstić information content (AvgIpc) is 2.71. The van der Waals surface area contributed by atoms with Crippen molar-refractivity contribution in [2.45, 2.75) is 19.9 Å². The summed E-state index contributed by atoms with van der Waals surface area (Å²) in [6.07, 6.45) is 0. The highest BCUT2D eigenvalue weighted by Crippen LogP contribution is 2.16. The van der Waals surface area contributed by atoms with Crippen LogP contribution in [0.15, 0.2) is 53.0 Å². The first-order valence-corrected chi connectivity index (χ1v) is 9.90. The molecule has 0 bridgehead atoms. The Hall–Kier alpha value is -2.87. The van der Waals surface area contributed by atoms with Crippen LogP contribution in [-0.4, -0.2) is 37.5 Å². The third-order valence-electron chi connectivity index (χ3n) is 3.93. The Morgan fingerprint density at radius 3 is 2.31 bits per heavy atom. The Bertz CT molecular complexity index is 837. The first kappa shape index (κ1) is 22.4. The van der Waals surface area contributed by atoms with Crippen LogP contribution in [-0.2, 0) is 14.3 Å². The van der Waals surface area contributed by atoms with Gasteiger partial charge in [-0.3, -0.25) is 14.4 Å². The Kier molecular flexibility index (Phi) is 8.67. The minimum absolute atomic E-state index is 0.228. The third-order valence-corrected chi connectivity index (χ3v) is 4.46. The summed E-state index contributed by atoms with van der Waals surface area (Å²) < 4.78 is 11.2. The number of hydrogen-bond acceptors (Lipinski definition) is 5. The molecule has 0 aliphatic heterocycles. The van der Waals surface area contributed by atoms with Crippen molar-refractivity contribution in [2.24, 2.45) is 0 Å². The number of hydrogen-bond donors (Lipinski definition) is 2. The van der Waals surface area contributed by atoms with Gasteiger partial charge in [0.05, 0.1) is 12.6 Å². The lowest BCUT2D eigenvalue weighted by atomic mass is 10.1. The van der Waals surface area contributed by atoms with E-state index in [-0.39, 0.29) is 12.6 Å². The number of nitrogens with one attached hydrogen (secondary N) is 2. The topological polar surface area (TPSA) is 93.7 Å². The molecule has 2 aromatic rings. The molecule has 7 nitrogen and oxygen atoms in total. The second-order valence-corrected chi connectivity index (χ2v) is 7.06. The smallest absolute Gasteiger partial charge is 0.325 e. The van der Waals surface area contributed by atoms with E-state index in [1.54, 1.807) is 24.3 Å². The molecule has 0 aliphatic rings. The average molecular weight is 463 g/mol. The molecular formula is C21H23BrN2O5. The summed E-state index contributed by atoms with van der Waals surface area (Å²) in [5, 5.41) is 5.20. The second kappa shape index (κ2) is 11.2. The molecule has 0 aliphatic carbocycles. The Labute approximate surface area is 177 Å². The van der Waals surface area contributed by atoms with Crippen LogP contribution in [0.3, 0.4) is 0 Å². The predicted molar refractivity (Wildman–Crippen MR) is 112 cm³/mol. The van der Waals surface area contributed by atoms with E-state index in [0.29, 0.717) is 17.9 Å². The summed E-state index contributed by atoms with van der Waals surface area (Å²) in [4.78, 5) is 35.8. The number of benzene rings is 2. The second-order valence-electron chi connectivity index (χ2n) is 6.14. The fraction of sp³-hybridized carbons (Fsp3) is 0.286. The van der Waals surface area contributed by atoms with Crippen molar-refractivity contribution in [3.8, 4) is 5.75 Å². The lowest BCUT2D eigenvalue weighted by molar-refractivity contribution is -0.147. The Morgan fingerprint density at radius 1 is 1.03 bits per heavy atom. The van der Waals surface area contributed by atoms with Crippen LogP contribution >= 0.6 is 15.9 Å². The highest BCUT2D eigenvalue weighted by Gasteiger charge is 2.13. The molecule has 29 heavy (non-hydrogen) atoms. The maximum absolute atomic E-state index is 12.0. The molecule has 2 rings (SSSR count). The molecule has 1 atom stereocenters. The summed E-state index contributed by atoms with van der Waals surface area (Å²) in [5.74, 6) is -0.882. The van der Waals surface area contributed by atoms with Crippen molar-refractivity contribution >= 4 is 33.7 Å². The summed E-state index contributed by atoms with van der Waals surface area (Å²) in [5.41, 5.74) is 1.32. The molecule has 0 saturated heterocycles. The normalized spacial score (nSPS) is 11.3. The van der Waals surface area contributed by atoms with E-state index >= 15 is 0 Å². The quantitative estimate of drug-likeness (QED) is 0.558. The molecule has 0 saturated carbocycles. The third kappa shape index (κ3) is 7.57. The van der Waals surface area contributed by atoms with Crippen LogP contribution in [0, 0.1) is 0 Å². The van der Waals surface area contributed by atoms with Crippen LogP contribution in [0.4, 0.5) is 0 Å². The van der Waals surface area contributed by atoms with Gasteiger partial charge in [-0.15, -0.1) is 0 Å². The predicted octanol–water partition coefficient (Wildman–Crippen LogP) is 3.00. The van der Waals surface area contributed by atoms with Crippen LogP contribution in [0.5, 0.6) is 5.75 Å². The number of ether oxygens (including phenoxy) is 2. The molecular weight excluding hydrogens is 440 g/mol. The molecule has 2 N–H and O–H groups in total. The van der Waals surface area contributed by atoms with E-state index in [9.17, 15) is 14.4 Å². The molecule has 2 aromatic carbocycles. The standard InChI is InChI=1S/C21H23BrN2O5/c1-3-28-18-10-6-16(7-11-18)21(27)23-12-20(26)29-13-19(25)24-14(2)15-4-8-17(22)9-5-15/h4-11,14H,3,12-13H2,1-2H3,(H,23,27)(H,24,25). The molecule has 0 heterocycles. The Balaban J connectivity index is 1.71. The molecule has 1 unspecified atom stereocenters. The van der Waals surface area contributed by atoms with E-state index in [2.05, 4.69) is 26.6 Å². The SMILES string of the molecule is CCOc1ccc(C(=O)NCC(=O)OCC(=O)NC(C)c2ccc(Br)cc2)cc1. The van der Waals surface area contributed by atoms with Gasteiger partial charge in [-0.05, 0) is 55.8 Å². The van der Waals surface area contributed by atoms with Gasteiger partial charge in [-0.1, -0.05) is 28.1 Å². The largest absolute Gasteiger partial charge is 0.494 e. The summed E-state index contributed by atoms with van der Waals surface area (Å²) in [7, 11) is 0. The van der Waals surface area contributed by atoms with Crippen molar-refractivity contribution in [2.75, 3.05) is 19.8 Å². The highest BCUT2D eigenvalue weighted by atomic mass is 79.9. The number of carbonyl (C=O) groups excluding carboxylic acids is 3. The molecule has 0 fully saturated rings. The summed E-state index contributed by atoms with van der Waals surface area (Å²) >= 11 is 3.35. The van der Waals surface area contributed by atoms with E-state index in [1.807, 2.05) is 38.1 Å². The van der Waals surface area contributed by atoms with E-state index in [1.165, 1.54) is 0 Å². The van der Waals surface area contributed by atoms with Gasteiger partial charge in [0.15, 0.2) is 6.61 Å². The maximum Gasteiger partial charge on any atom is 0.325 e. The number of carbonyl (C=O) groups is 3. The molecule has 8 heteroatoms. The van der Waals surface area contributed by atoms with Gasteiger partial charge in [0, 0.05) is 10.0 Å². The van der Waals surface area contributed by atoms with Crippen molar-refractivity contribution in [3.63, 3.8) is 0 Å². The minimum Gasteiger partial charge on any atom is -0.494 e. The van der Waals surface area contributed by atoms with E-state index in [4.69, 9.17) is 9.47 Å². The highest BCUT2D eigenvalue weighted by molar-refractivity contribution is 9.10. The van der Waals surface area contributed by atoms with Crippen molar-refractivity contribution in [1.82, 2.24) is 10.6 Å². The molecule has 2 amide bonds. The van der Waals surface area contributed by atoms with Crippen molar-refractivity contribution in [1.29, 1.82) is 0 Å². The number of rotatable bonds is 9. The molecule has 0 spiro atoms. The fourth-order valence-electron chi connectivity index (χ4n) is 2.44. The van der Waals surface area contributed by atoms with Crippen LogP contribution < -0.4 is 15.4 Å². The lowest BCUT2D eigenvalue weighted by Gasteiger charge is -2.14. The first-order valence-electron chi connectivity index (χ1n) is 9.10. The number of esters is 1. The maximum atomic E-state index is 12.0. The molecule has 0 aromatic heterocycles. The minimum atomic E-state index is -0.698. The van der Waals surface area contributed by atoms with Crippen LogP contribution in [0.25, 0.3) is 0 Å². The van der Waals surface area contributed by atoms with Crippen LogP contribution in [0.1, 0.15) is 35.8 Å². The fourth-order valence-corrected chi connectivity index (χ4v) is 2.70. The Morgan fingerprint density at radius 2 is 1.69 bits per heavy atom. The zero-order valence-electron chi connectivity index (χ0n) is 16.2. The van der Waals surface area contributed by atoms with Gasteiger partial charge >= 0.3 is 5.97 Å². The molecule has 0 radical (unpaired) electrons. The summed E-state index contributed by atoms with van der Waals surface area (Å²) in [6.45, 7) is 3.49. The molecule has 154 valence electrons. The van der Waals surface area contributed by atoms with Gasteiger partial charge < -0.3 is 20.1 Å². The number of halogens is 1. The van der Waals surface area contributed by atoms with Crippen molar-refractivity contribution in [3.05, 3.63) is 64.1 Å². The number of amides is 2. The van der Waals surface area contributed by atoms with E-state index < -0.39 is 24.4 Å². The van der Waals surface area contributed by atoms with Gasteiger partial charge in [0.1, 0.15) is 12.3 Å². The monoisotopic (exact) mass is 462 g/mol. The first-order chi connectivity index (χ1) is 13.9. The van der Waals surface area contributed by atoms with Crippen molar-refractivity contribution < 1.29 is 23.9 Å². The zero-order valence-corrected chi connectivity index (χ0v) is 17.8. The van der Waals surface area contributed by atoms with Gasteiger partial charge in [-0.25, -0.2) is 0 Å². The van der Waals surface area contributed by atoms with Gasteiger partial charge in [0.25, 0.3) is 11.8 Å². The van der Waals surface area contributed by atoms with E-state index in [0.717, 1.165) is 10.0 Å². The van der Waals surface area contributed by atoms with Crippen LogP contribution in [0.2, 0.25) is 0 Å². The lowest BCUT2D eigenvalue weighted by Crippen LogP contribution is -2.34.